The van der Waals surface area contributed by atoms with E-state index >= 15 is 0 Å². The van der Waals surface area contributed by atoms with E-state index in [1.165, 1.54) is 0 Å². The van der Waals surface area contributed by atoms with Crippen LogP contribution in [0.15, 0.2) is 72.9 Å². The molecule has 2 aromatic heterocycles. The largest absolute Gasteiger partial charge is 0.461 e. The van der Waals surface area contributed by atoms with Crippen molar-refractivity contribution in [2.24, 2.45) is 7.05 Å². The zero-order valence-corrected chi connectivity index (χ0v) is 17.6. The van der Waals surface area contributed by atoms with Gasteiger partial charge in [0.1, 0.15) is 11.4 Å². The predicted molar refractivity (Wildman–Crippen MR) is 118 cm³/mol. The van der Waals surface area contributed by atoms with Crippen molar-refractivity contribution < 1.29 is 19.0 Å². The molecule has 6 heteroatoms. The zero-order chi connectivity index (χ0) is 21.6. The first-order valence-electron chi connectivity index (χ1n) is 10.2. The van der Waals surface area contributed by atoms with Gasteiger partial charge in [-0.1, -0.05) is 42.5 Å². The van der Waals surface area contributed by atoms with E-state index in [1.54, 1.807) is 23.8 Å². The smallest absolute Gasteiger partial charge is 0.354 e. The predicted octanol–water partition coefficient (Wildman–Crippen LogP) is 5.26. The first kappa shape index (κ1) is 20.6. The molecule has 0 aliphatic carbocycles. The van der Waals surface area contributed by atoms with Gasteiger partial charge >= 0.3 is 5.97 Å². The van der Waals surface area contributed by atoms with Gasteiger partial charge in [0, 0.05) is 24.7 Å². The minimum Gasteiger partial charge on any atom is -0.461 e. The highest BCUT2D eigenvalue weighted by atomic mass is 16.5. The Morgan fingerprint density at radius 1 is 1.00 bits per heavy atom. The van der Waals surface area contributed by atoms with Crippen LogP contribution in [0.25, 0.3) is 10.9 Å². The number of carbonyl (C=O) groups excluding carboxylic acids is 1. The molecule has 2 aromatic carbocycles. The van der Waals surface area contributed by atoms with E-state index in [0.717, 1.165) is 22.2 Å². The molecule has 0 spiro atoms. The average Bonchev–Trinajstić information content (AvgIpc) is 3.13. The number of pyridine rings is 1. The van der Waals surface area contributed by atoms with Crippen LogP contribution in [-0.4, -0.2) is 22.1 Å². The summed E-state index contributed by atoms with van der Waals surface area (Å²) in [6, 6.07) is 21.2. The lowest BCUT2D eigenvalue weighted by Gasteiger charge is -2.11. The Kier molecular flexibility index (Phi) is 6.29. The summed E-state index contributed by atoms with van der Waals surface area (Å²) in [4.78, 5) is 16.6. The first-order valence-corrected chi connectivity index (χ1v) is 10.2. The van der Waals surface area contributed by atoms with Crippen molar-refractivity contribution >= 4 is 16.9 Å². The third-order valence-corrected chi connectivity index (χ3v) is 4.88. The van der Waals surface area contributed by atoms with Gasteiger partial charge in [0.25, 0.3) is 0 Å². The van der Waals surface area contributed by atoms with Crippen molar-refractivity contribution in [2.45, 2.75) is 20.1 Å². The lowest BCUT2D eigenvalue weighted by atomic mass is 10.2. The molecule has 6 nitrogen and oxygen atoms in total. The lowest BCUT2D eigenvalue weighted by molar-refractivity contribution is 0.0516. The second-order valence-corrected chi connectivity index (χ2v) is 7.07. The maximum Gasteiger partial charge on any atom is 0.354 e. The van der Waals surface area contributed by atoms with Gasteiger partial charge in [-0.3, -0.25) is 4.98 Å². The van der Waals surface area contributed by atoms with Crippen LogP contribution in [0, 0.1) is 0 Å². The molecule has 0 bridgehead atoms. The second-order valence-electron chi connectivity index (χ2n) is 7.07. The zero-order valence-electron chi connectivity index (χ0n) is 17.6. The number of aromatic nitrogens is 2. The summed E-state index contributed by atoms with van der Waals surface area (Å²) in [6.07, 6.45) is 1.70. The number of rotatable bonds is 8. The van der Waals surface area contributed by atoms with Gasteiger partial charge in [-0.25, -0.2) is 4.79 Å². The summed E-state index contributed by atoms with van der Waals surface area (Å²) in [7, 11) is 1.83. The Balaban J connectivity index is 1.51. The van der Waals surface area contributed by atoms with E-state index in [0.29, 0.717) is 37.0 Å². The van der Waals surface area contributed by atoms with Gasteiger partial charge in [-0.15, -0.1) is 0 Å². The quantitative estimate of drug-likeness (QED) is 0.367. The minimum absolute atomic E-state index is 0.329. The molecule has 4 rings (SSSR count). The summed E-state index contributed by atoms with van der Waals surface area (Å²) < 4.78 is 18.9. The Morgan fingerprint density at radius 3 is 2.65 bits per heavy atom. The molecule has 2 heterocycles. The monoisotopic (exact) mass is 416 g/mol. The van der Waals surface area contributed by atoms with Gasteiger partial charge < -0.3 is 18.8 Å². The molecule has 158 valence electrons. The summed E-state index contributed by atoms with van der Waals surface area (Å²) in [5, 5.41) is 0.906. The Morgan fingerprint density at radius 2 is 1.84 bits per heavy atom. The van der Waals surface area contributed by atoms with E-state index in [-0.39, 0.29) is 5.97 Å². The summed E-state index contributed by atoms with van der Waals surface area (Å²) in [5.41, 5.74) is 3.20. The van der Waals surface area contributed by atoms with Crippen molar-refractivity contribution in [3.63, 3.8) is 0 Å². The van der Waals surface area contributed by atoms with Crippen molar-refractivity contribution in [1.82, 2.24) is 9.55 Å². The van der Waals surface area contributed by atoms with Crippen molar-refractivity contribution in [1.29, 1.82) is 0 Å². The van der Waals surface area contributed by atoms with Crippen molar-refractivity contribution in [3.8, 4) is 11.5 Å². The van der Waals surface area contributed by atoms with E-state index < -0.39 is 0 Å². The average molecular weight is 416 g/mol. The third-order valence-electron chi connectivity index (χ3n) is 4.88. The van der Waals surface area contributed by atoms with Gasteiger partial charge in [-0.05, 0) is 30.7 Å². The number of para-hydroxylation sites is 1. The molecule has 0 fully saturated rings. The highest BCUT2D eigenvalue weighted by Gasteiger charge is 2.17. The Labute approximate surface area is 181 Å². The molecular formula is C25H24N2O4. The molecule has 0 saturated heterocycles. The highest BCUT2D eigenvalue weighted by Crippen LogP contribution is 2.32. The maximum atomic E-state index is 12.2. The number of benzene rings is 2. The number of hydrogen-bond donors (Lipinski definition) is 0. The summed E-state index contributed by atoms with van der Waals surface area (Å²) in [5.74, 6) is 0.950. The van der Waals surface area contributed by atoms with Crippen LogP contribution in [0.5, 0.6) is 11.5 Å². The number of aryl methyl sites for hydroxylation is 1. The number of hydrogen-bond acceptors (Lipinski definition) is 5. The fourth-order valence-electron chi connectivity index (χ4n) is 3.44. The van der Waals surface area contributed by atoms with Gasteiger partial charge in [0.05, 0.1) is 31.0 Å². The molecule has 0 atom stereocenters. The van der Waals surface area contributed by atoms with Crippen molar-refractivity contribution in [2.75, 3.05) is 6.61 Å². The van der Waals surface area contributed by atoms with Crippen LogP contribution in [0.1, 0.15) is 28.7 Å². The van der Waals surface area contributed by atoms with Gasteiger partial charge in [0.15, 0.2) is 5.75 Å². The van der Waals surface area contributed by atoms with Gasteiger partial charge in [-0.2, -0.15) is 0 Å². The normalized spacial score (nSPS) is 10.9. The molecule has 0 saturated carbocycles. The van der Waals surface area contributed by atoms with Crippen LogP contribution in [0.3, 0.4) is 0 Å². The van der Waals surface area contributed by atoms with E-state index in [2.05, 4.69) is 4.98 Å². The molecule has 0 aliphatic heterocycles. The first-order chi connectivity index (χ1) is 15.2. The number of carbonyl (C=O) groups is 1. The number of esters is 1. The van der Waals surface area contributed by atoms with Crippen LogP contribution in [0.4, 0.5) is 0 Å². The standard InChI is InChI=1S/C25H24N2O4/c1-3-30-25(28)22-14-19-10-7-11-23(24(19)27(22)2)31-21-12-13-26-20(15-21)17-29-16-18-8-5-4-6-9-18/h4-15H,3,16-17H2,1-2H3. The fourth-order valence-corrected chi connectivity index (χ4v) is 3.44. The van der Waals surface area contributed by atoms with E-state index in [9.17, 15) is 4.79 Å². The molecule has 4 aromatic rings. The summed E-state index contributed by atoms with van der Waals surface area (Å²) >= 11 is 0. The van der Waals surface area contributed by atoms with E-state index in [4.69, 9.17) is 14.2 Å². The molecule has 0 aliphatic rings. The third kappa shape index (κ3) is 4.75. The number of ether oxygens (including phenoxy) is 3. The van der Waals surface area contributed by atoms with Gasteiger partial charge in [0.2, 0.25) is 0 Å². The van der Waals surface area contributed by atoms with Crippen molar-refractivity contribution in [3.05, 3.63) is 89.9 Å². The molecule has 31 heavy (non-hydrogen) atoms. The molecule has 0 N–H and O–H groups in total. The second kappa shape index (κ2) is 9.45. The highest BCUT2D eigenvalue weighted by molar-refractivity contribution is 5.97. The topological polar surface area (TPSA) is 62.6 Å². The van der Waals surface area contributed by atoms with Crippen LogP contribution >= 0.6 is 0 Å². The molecule has 0 amide bonds. The van der Waals surface area contributed by atoms with Crippen LogP contribution < -0.4 is 4.74 Å². The number of nitrogens with zero attached hydrogens (tertiary/aromatic N) is 2. The molecule has 0 unspecified atom stereocenters. The Bertz CT molecular complexity index is 1180. The Hall–Kier alpha value is -3.64. The SMILES string of the molecule is CCOC(=O)c1cc2cccc(Oc3ccnc(COCc4ccccc4)c3)c2n1C. The maximum absolute atomic E-state index is 12.2. The minimum atomic E-state index is -0.353. The lowest BCUT2D eigenvalue weighted by Crippen LogP contribution is -2.09. The summed E-state index contributed by atoms with van der Waals surface area (Å²) in [6.45, 7) is 3.02. The molecule has 0 radical (unpaired) electrons. The fraction of sp³-hybridized carbons (Fsp3) is 0.200. The van der Waals surface area contributed by atoms with Crippen LogP contribution in [-0.2, 0) is 29.7 Å². The van der Waals surface area contributed by atoms with Crippen LogP contribution in [0.2, 0.25) is 0 Å². The number of fused-ring (bicyclic) bond motifs is 1. The molecular weight excluding hydrogens is 392 g/mol. The van der Waals surface area contributed by atoms with E-state index in [1.807, 2.05) is 67.7 Å².